The summed E-state index contributed by atoms with van der Waals surface area (Å²) < 4.78 is 13.6. The van der Waals surface area contributed by atoms with Gasteiger partial charge in [0.15, 0.2) is 0 Å². The predicted octanol–water partition coefficient (Wildman–Crippen LogP) is 1.31. The van der Waals surface area contributed by atoms with Crippen molar-refractivity contribution in [1.29, 1.82) is 0 Å². The number of nitrogens with one attached hydrogen (secondary N) is 2. The molecule has 0 saturated heterocycles. The van der Waals surface area contributed by atoms with Gasteiger partial charge in [-0.1, -0.05) is 12.1 Å². The largest absolute Gasteiger partial charge is 0.390 e. The maximum absolute atomic E-state index is 13.6. The van der Waals surface area contributed by atoms with Crippen molar-refractivity contribution in [1.82, 2.24) is 10.3 Å². The number of aromatic amines is 1. The highest BCUT2D eigenvalue weighted by atomic mass is 19.1. The van der Waals surface area contributed by atoms with Gasteiger partial charge in [-0.3, -0.25) is 4.79 Å². The highest BCUT2D eigenvalue weighted by Gasteiger charge is 2.31. The number of hydrogen-bond acceptors (Lipinski definition) is 3. The fraction of sp³-hybridized carbons (Fsp3) is 0.400. The number of hydrogen-bond donors (Lipinski definition) is 4. The molecule has 1 aliphatic rings. The molecule has 112 valence electrons. The number of fused-ring (bicyclic) bond motifs is 1. The third-order valence-electron chi connectivity index (χ3n) is 3.99. The first-order valence-electron chi connectivity index (χ1n) is 7.00. The maximum Gasteiger partial charge on any atom is 0.268 e. The number of aliphatic hydroxyl groups excluding tert-OH is 2. The fourth-order valence-corrected chi connectivity index (χ4v) is 2.80. The van der Waals surface area contributed by atoms with Crippen LogP contribution in [0.5, 0.6) is 0 Å². The van der Waals surface area contributed by atoms with Crippen LogP contribution >= 0.6 is 0 Å². The molecular formula is C15H17FN2O3. The van der Waals surface area contributed by atoms with Crippen LogP contribution in [-0.2, 0) is 0 Å². The Morgan fingerprint density at radius 2 is 2.14 bits per heavy atom. The van der Waals surface area contributed by atoms with E-state index in [0.29, 0.717) is 18.2 Å². The van der Waals surface area contributed by atoms with Gasteiger partial charge in [-0.2, -0.15) is 0 Å². The minimum atomic E-state index is -0.969. The van der Waals surface area contributed by atoms with Crippen LogP contribution in [0.25, 0.3) is 10.9 Å². The fourth-order valence-electron chi connectivity index (χ4n) is 2.80. The molecule has 1 saturated carbocycles. The van der Waals surface area contributed by atoms with Gasteiger partial charge >= 0.3 is 0 Å². The van der Waals surface area contributed by atoms with Crippen molar-refractivity contribution >= 4 is 16.8 Å². The third-order valence-corrected chi connectivity index (χ3v) is 3.99. The number of rotatable bonds is 2. The first-order valence-corrected chi connectivity index (χ1v) is 7.00. The summed E-state index contributed by atoms with van der Waals surface area (Å²) in [6.45, 7) is 0. The van der Waals surface area contributed by atoms with Gasteiger partial charge in [-0.05, 0) is 31.4 Å². The van der Waals surface area contributed by atoms with Crippen LogP contribution in [0.1, 0.15) is 29.8 Å². The number of aromatic nitrogens is 1. The summed E-state index contributed by atoms with van der Waals surface area (Å²) in [5, 5.41) is 22.8. The Hall–Kier alpha value is -1.92. The van der Waals surface area contributed by atoms with Crippen LogP contribution in [-0.4, -0.2) is 39.4 Å². The predicted molar refractivity (Wildman–Crippen MR) is 75.4 cm³/mol. The van der Waals surface area contributed by atoms with Gasteiger partial charge in [0, 0.05) is 5.39 Å². The van der Waals surface area contributed by atoms with Crippen LogP contribution in [0.15, 0.2) is 24.3 Å². The molecule has 0 aliphatic heterocycles. The molecule has 2 aromatic rings. The van der Waals surface area contributed by atoms with Crippen molar-refractivity contribution in [3.05, 3.63) is 35.8 Å². The van der Waals surface area contributed by atoms with Crippen LogP contribution in [0.2, 0.25) is 0 Å². The van der Waals surface area contributed by atoms with Gasteiger partial charge in [-0.15, -0.1) is 0 Å². The standard InChI is InChI=1S/C15H17FN2O3/c16-9-4-1-3-8-7-11(17-13(8)9)15(21)18-10-5-2-6-12(19)14(10)20/h1,3-4,7,10,12,14,17,19-20H,2,5-6H2,(H,18,21)/t10-,12-,14-/m1/s1. The molecule has 4 N–H and O–H groups in total. The zero-order valence-corrected chi connectivity index (χ0v) is 11.3. The van der Waals surface area contributed by atoms with E-state index in [1.54, 1.807) is 18.2 Å². The molecule has 1 amide bonds. The molecule has 1 aliphatic carbocycles. The number of halogens is 1. The summed E-state index contributed by atoms with van der Waals surface area (Å²) in [4.78, 5) is 14.9. The Bertz CT molecular complexity index is 670. The molecular weight excluding hydrogens is 275 g/mol. The molecule has 3 atom stereocenters. The van der Waals surface area contributed by atoms with E-state index in [1.165, 1.54) is 6.07 Å². The lowest BCUT2D eigenvalue weighted by Crippen LogP contribution is -2.51. The van der Waals surface area contributed by atoms with Crippen LogP contribution in [0, 0.1) is 5.82 Å². The molecule has 1 aromatic heterocycles. The highest BCUT2D eigenvalue weighted by molar-refractivity contribution is 5.98. The number of H-pyrrole nitrogens is 1. The number of carbonyl (C=O) groups excluding carboxylic acids is 1. The highest BCUT2D eigenvalue weighted by Crippen LogP contribution is 2.21. The first-order chi connectivity index (χ1) is 10.1. The summed E-state index contributed by atoms with van der Waals surface area (Å²) >= 11 is 0. The second-order valence-corrected chi connectivity index (χ2v) is 5.46. The van der Waals surface area contributed by atoms with Crippen LogP contribution in [0.4, 0.5) is 4.39 Å². The molecule has 0 radical (unpaired) electrons. The van der Waals surface area contributed by atoms with E-state index in [1.807, 2.05) is 0 Å². The number of para-hydroxylation sites is 1. The molecule has 0 bridgehead atoms. The summed E-state index contributed by atoms with van der Waals surface area (Å²) in [7, 11) is 0. The van der Waals surface area contributed by atoms with Gasteiger partial charge < -0.3 is 20.5 Å². The quantitative estimate of drug-likeness (QED) is 0.673. The maximum atomic E-state index is 13.6. The lowest BCUT2D eigenvalue weighted by atomic mass is 9.90. The van der Waals surface area contributed by atoms with E-state index in [2.05, 4.69) is 10.3 Å². The van der Waals surface area contributed by atoms with Crippen molar-refractivity contribution < 1.29 is 19.4 Å². The normalized spacial score (nSPS) is 26.0. The molecule has 1 fully saturated rings. The van der Waals surface area contributed by atoms with Crippen molar-refractivity contribution in [2.45, 2.75) is 37.5 Å². The van der Waals surface area contributed by atoms with Gasteiger partial charge in [0.1, 0.15) is 11.5 Å². The van der Waals surface area contributed by atoms with Crippen molar-refractivity contribution in [2.75, 3.05) is 0 Å². The van der Waals surface area contributed by atoms with Gasteiger partial charge in [-0.25, -0.2) is 4.39 Å². The Morgan fingerprint density at radius 1 is 1.33 bits per heavy atom. The monoisotopic (exact) mass is 292 g/mol. The smallest absolute Gasteiger partial charge is 0.268 e. The molecule has 5 nitrogen and oxygen atoms in total. The molecule has 1 aromatic carbocycles. The number of amides is 1. The molecule has 6 heteroatoms. The van der Waals surface area contributed by atoms with E-state index < -0.39 is 30.0 Å². The summed E-state index contributed by atoms with van der Waals surface area (Å²) in [5.41, 5.74) is 0.522. The van der Waals surface area contributed by atoms with E-state index >= 15 is 0 Å². The minimum Gasteiger partial charge on any atom is -0.390 e. The van der Waals surface area contributed by atoms with Gasteiger partial charge in [0.25, 0.3) is 5.91 Å². The average molecular weight is 292 g/mol. The van der Waals surface area contributed by atoms with Crippen LogP contribution in [0.3, 0.4) is 0 Å². The summed E-state index contributed by atoms with van der Waals surface area (Å²) in [6, 6.07) is 5.69. The Kier molecular flexibility index (Phi) is 3.65. The molecule has 3 rings (SSSR count). The lowest BCUT2D eigenvalue weighted by molar-refractivity contribution is -0.0278. The van der Waals surface area contributed by atoms with Crippen molar-refractivity contribution in [2.24, 2.45) is 0 Å². The second-order valence-electron chi connectivity index (χ2n) is 5.46. The van der Waals surface area contributed by atoms with Crippen molar-refractivity contribution in [3.63, 3.8) is 0 Å². The average Bonchev–Trinajstić information content (AvgIpc) is 2.89. The summed E-state index contributed by atoms with van der Waals surface area (Å²) in [6.07, 6.45) is 0.0989. The van der Waals surface area contributed by atoms with E-state index in [0.717, 1.165) is 6.42 Å². The SMILES string of the molecule is O=C(N[C@@H]1CCC[C@@H](O)[C@@H]1O)c1cc2cccc(F)c2[nH]1. The Balaban J connectivity index is 1.79. The topological polar surface area (TPSA) is 85.3 Å². The Labute approximate surface area is 120 Å². The number of benzene rings is 1. The zero-order chi connectivity index (χ0) is 15.0. The number of carbonyl (C=O) groups is 1. The second kappa shape index (κ2) is 5.46. The van der Waals surface area contributed by atoms with Crippen molar-refractivity contribution in [3.8, 4) is 0 Å². The summed E-state index contributed by atoms with van der Waals surface area (Å²) in [5.74, 6) is -0.830. The molecule has 0 unspecified atom stereocenters. The molecule has 0 spiro atoms. The van der Waals surface area contributed by atoms with E-state index in [4.69, 9.17) is 0 Å². The first kappa shape index (κ1) is 14.0. The Morgan fingerprint density at radius 3 is 2.90 bits per heavy atom. The van der Waals surface area contributed by atoms with E-state index in [9.17, 15) is 19.4 Å². The third kappa shape index (κ3) is 2.64. The molecule has 21 heavy (non-hydrogen) atoms. The van der Waals surface area contributed by atoms with Gasteiger partial charge in [0.05, 0.1) is 23.8 Å². The van der Waals surface area contributed by atoms with Crippen LogP contribution < -0.4 is 5.32 Å². The van der Waals surface area contributed by atoms with Gasteiger partial charge in [0.2, 0.25) is 0 Å². The zero-order valence-electron chi connectivity index (χ0n) is 11.3. The molecule has 1 heterocycles. The minimum absolute atomic E-state index is 0.238. The lowest BCUT2D eigenvalue weighted by Gasteiger charge is -2.32. The van der Waals surface area contributed by atoms with E-state index in [-0.39, 0.29) is 11.2 Å². The number of aliphatic hydroxyl groups is 2.